The third-order valence-electron chi connectivity index (χ3n) is 4.93. The van der Waals surface area contributed by atoms with Crippen LogP contribution in [0.25, 0.3) is 0 Å². The molecule has 27 heavy (non-hydrogen) atoms. The molecule has 6 nitrogen and oxygen atoms in total. The lowest BCUT2D eigenvalue weighted by molar-refractivity contribution is 0.0607. The first-order valence-corrected chi connectivity index (χ1v) is 9.33. The molecule has 1 unspecified atom stereocenters. The molecule has 142 valence electrons. The van der Waals surface area contributed by atoms with Crippen LogP contribution in [0.15, 0.2) is 42.7 Å². The number of hydrogen-bond donors (Lipinski definition) is 1. The number of nitrogens with zero attached hydrogens (tertiary/aromatic N) is 2. The van der Waals surface area contributed by atoms with Crippen molar-refractivity contribution in [1.82, 2.24) is 9.88 Å². The predicted molar refractivity (Wildman–Crippen MR) is 104 cm³/mol. The van der Waals surface area contributed by atoms with Gasteiger partial charge in [-0.05, 0) is 43.9 Å². The van der Waals surface area contributed by atoms with Crippen LogP contribution < -0.4 is 10.1 Å². The van der Waals surface area contributed by atoms with E-state index in [9.17, 15) is 9.59 Å². The number of piperidine rings is 1. The second-order valence-electron chi connectivity index (χ2n) is 6.70. The number of nitrogens with one attached hydrogen (secondary N) is 1. The molecule has 1 aromatic carbocycles. The molecule has 2 amide bonds. The van der Waals surface area contributed by atoms with E-state index < -0.39 is 0 Å². The highest BCUT2D eigenvalue weighted by Gasteiger charge is 2.26. The maximum Gasteiger partial charge on any atom is 0.257 e. The van der Waals surface area contributed by atoms with Crippen molar-refractivity contribution in [2.45, 2.75) is 38.6 Å². The lowest BCUT2D eigenvalue weighted by Gasteiger charge is -2.35. The molecule has 2 heterocycles. The fourth-order valence-corrected chi connectivity index (χ4v) is 3.44. The fourth-order valence-electron chi connectivity index (χ4n) is 3.44. The summed E-state index contributed by atoms with van der Waals surface area (Å²) in [5, 5.41) is 2.81. The number of hydrogen-bond acceptors (Lipinski definition) is 4. The molecule has 1 aliphatic rings. The average Bonchev–Trinajstić information content (AvgIpc) is 2.73. The first kappa shape index (κ1) is 18.9. The number of benzene rings is 1. The largest absolute Gasteiger partial charge is 0.497 e. The summed E-state index contributed by atoms with van der Waals surface area (Å²) in [5.74, 6) is 0.298. The van der Waals surface area contributed by atoms with Crippen molar-refractivity contribution in [2.24, 2.45) is 0 Å². The molecule has 3 rings (SSSR count). The second kappa shape index (κ2) is 8.66. The Bertz CT molecular complexity index is 822. The van der Waals surface area contributed by atoms with Crippen molar-refractivity contribution in [3.05, 3.63) is 53.9 Å². The molecule has 1 aromatic heterocycles. The highest BCUT2D eigenvalue weighted by Crippen LogP contribution is 2.22. The van der Waals surface area contributed by atoms with Crippen molar-refractivity contribution in [2.75, 3.05) is 19.0 Å². The van der Waals surface area contributed by atoms with Crippen molar-refractivity contribution < 1.29 is 14.3 Å². The van der Waals surface area contributed by atoms with Crippen LogP contribution in [0.2, 0.25) is 0 Å². The van der Waals surface area contributed by atoms with Gasteiger partial charge in [0.15, 0.2) is 0 Å². The Morgan fingerprint density at radius 1 is 1.22 bits per heavy atom. The second-order valence-corrected chi connectivity index (χ2v) is 6.70. The van der Waals surface area contributed by atoms with E-state index in [-0.39, 0.29) is 17.9 Å². The van der Waals surface area contributed by atoms with Gasteiger partial charge >= 0.3 is 0 Å². The molecular formula is C21H25N3O3. The minimum absolute atomic E-state index is 0.0509. The van der Waals surface area contributed by atoms with E-state index in [0.29, 0.717) is 22.6 Å². The summed E-state index contributed by atoms with van der Waals surface area (Å²) >= 11 is 0. The molecule has 0 spiro atoms. The Labute approximate surface area is 159 Å². The molecule has 0 radical (unpaired) electrons. The molecule has 2 aromatic rings. The van der Waals surface area contributed by atoms with Crippen LogP contribution in [0, 0.1) is 0 Å². The Morgan fingerprint density at radius 2 is 2.04 bits per heavy atom. The molecule has 1 saturated heterocycles. The van der Waals surface area contributed by atoms with Gasteiger partial charge in [-0.1, -0.05) is 13.0 Å². The number of amides is 2. The van der Waals surface area contributed by atoms with Crippen molar-refractivity contribution in [3.8, 4) is 5.75 Å². The predicted octanol–water partition coefficient (Wildman–Crippen LogP) is 3.75. The van der Waals surface area contributed by atoms with Gasteiger partial charge in [-0.15, -0.1) is 0 Å². The summed E-state index contributed by atoms with van der Waals surface area (Å²) in [4.78, 5) is 31.5. The number of ether oxygens (including phenoxy) is 1. The van der Waals surface area contributed by atoms with Gasteiger partial charge in [0.2, 0.25) is 0 Å². The van der Waals surface area contributed by atoms with Gasteiger partial charge in [-0.25, -0.2) is 0 Å². The third kappa shape index (κ3) is 4.45. The Kier molecular flexibility index (Phi) is 6.06. The summed E-state index contributed by atoms with van der Waals surface area (Å²) in [6, 6.07) is 9.00. The summed E-state index contributed by atoms with van der Waals surface area (Å²) in [7, 11) is 1.57. The maximum atomic E-state index is 12.9. The number of likely N-dealkylation sites (tertiary alicyclic amines) is 1. The number of pyridine rings is 1. The van der Waals surface area contributed by atoms with E-state index in [1.54, 1.807) is 37.4 Å². The maximum absolute atomic E-state index is 12.9. The zero-order chi connectivity index (χ0) is 19.2. The first-order valence-electron chi connectivity index (χ1n) is 9.33. The van der Waals surface area contributed by atoms with Gasteiger partial charge in [0, 0.05) is 36.7 Å². The summed E-state index contributed by atoms with van der Waals surface area (Å²) in [6.45, 7) is 2.87. The van der Waals surface area contributed by atoms with Crippen LogP contribution in [0.4, 0.5) is 5.69 Å². The molecule has 1 fully saturated rings. The number of methoxy groups -OCH3 is 1. The van der Waals surface area contributed by atoms with Crippen LogP contribution >= 0.6 is 0 Å². The number of carbonyl (C=O) groups is 2. The molecule has 0 bridgehead atoms. The SMILES string of the molecule is CCC1CCCCN1C(=O)c1cncc(C(=O)Nc2cccc(OC)c2)c1. The minimum atomic E-state index is -0.309. The normalized spacial score (nSPS) is 16.7. The van der Waals surface area contributed by atoms with Gasteiger partial charge in [0.1, 0.15) is 5.75 Å². The van der Waals surface area contributed by atoms with Gasteiger partial charge in [-0.2, -0.15) is 0 Å². The van der Waals surface area contributed by atoms with Crippen LogP contribution in [0.5, 0.6) is 5.75 Å². The lowest BCUT2D eigenvalue weighted by atomic mass is 9.99. The van der Waals surface area contributed by atoms with Gasteiger partial charge in [-0.3, -0.25) is 14.6 Å². The van der Waals surface area contributed by atoms with E-state index in [1.165, 1.54) is 12.4 Å². The quantitative estimate of drug-likeness (QED) is 0.874. The van der Waals surface area contributed by atoms with E-state index in [0.717, 1.165) is 32.2 Å². The minimum Gasteiger partial charge on any atom is -0.497 e. The van der Waals surface area contributed by atoms with E-state index >= 15 is 0 Å². The molecular weight excluding hydrogens is 342 g/mol. The number of carbonyl (C=O) groups excluding carboxylic acids is 2. The smallest absolute Gasteiger partial charge is 0.257 e. The zero-order valence-corrected chi connectivity index (χ0v) is 15.8. The zero-order valence-electron chi connectivity index (χ0n) is 15.8. The summed E-state index contributed by atoms with van der Waals surface area (Å²) < 4.78 is 5.17. The third-order valence-corrected chi connectivity index (χ3v) is 4.93. The average molecular weight is 367 g/mol. The Hall–Kier alpha value is -2.89. The standard InChI is InChI=1S/C21H25N3O3/c1-3-18-8-4-5-10-24(18)21(26)16-11-15(13-22-14-16)20(25)23-17-7-6-9-19(12-17)27-2/h6-7,9,11-14,18H,3-5,8,10H2,1-2H3,(H,23,25). The highest BCUT2D eigenvalue weighted by atomic mass is 16.5. The number of anilines is 1. The molecule has 1 N–H and O–H groups in total. The van der Waals surface area contributed by atoms with Crippen molar-refractivity contribution in [3.63, 3.8) is 0 Å². The van der Waals surface area contributed by atoms with E-state index in [2.05, 4.69) is 17.2 Å². The van der Waals surface area contributed by atoms with Gasteiger partial charge in [0.05, 0.1) is 18.2 Å². The molecule has 6 heteroatoms. The Morgan fingerprint density at radius 3 is 2.81 bits per heavy atom. The molecule has 1 aliphatic heterocycles. The summed E-state index contributed by atoms with van der Waals surface area (Å²) in [6.07, 6.45) is 7.15. The number of rotatable bonds is 5. The van der Waals surface area contributed by atoms with Crippen LogP contribution in [0.3, 0.4) is 0 Å². The lowest BCUT2D eigenvalue weighted by Crippen LogP contribution is -2.43. The van der Waals surface area contributed by atoms with E-state index in [1.807, 2.05) is 4.90 Å². The fraction of sp³-hybridized carbons (Fsp3) is 0.381. The highest BCUT2D eigenvalue weighted by molar-refractivity contribution is 6.05. The number of aromatic nitrogens is 1. The molecule has 1 atom stereocenters. The van der Waals surface area contributed by atoms with E-state index in [4.69, 9.17) is 4.74 Å². The molecule has 0 saturated carbocycles. The first-order chi connectivity index (χ1) is 13.1. The Balaban J connectivity index is 1.76. The van der Waals surface area contributed by atoms with Crippen LogP contribution in [-0.4, -0.2) is 41.4 Å². The topological polar surface area (TPSA) is 71.5 Å². The molecule has 0 aliphatic carbocycles. The summed E-state index contributed by atoms with van der Waals surface area (Å²) in [5.41, 5.74) is 1.43. The van der Waals surface area contributed by atoms with Crippen LogP contribution in [-0.2, 0) is 0 Å². The van der Waals surface area contributed by atoms with Crippen molar-refractivity contribution >= 4 is 17.5 Å². The van der Waals surface area contributed by atoms with Crippen LogP contribution in [0.1, 0.15) is 53.3 Å². The van der Waals surface area contributed by atoms with Crippen molar-refractivity contribution in [1.29, 1.82) is 0 Å². The van der Waals surface area contributed by atoms with Gasteiger partial charge in [0.25, 0.3) is 11.8 Å². The van der Waals surface area contributed by atoms with Gasteiger partial charge < -0.3 is 15.0 Å². The monoisotopic (exact) mass is 367 g/mol.